The molecule has 0 aliphatic heterocycles. The van der Waals surface area contributed by atoms with Gasteiger partial charge in [-0.3, -0.25) is 0 Å². The number of benzene rings is 1. The first-order valence-corrected chi connectivity index (χ1v) is 7.61. The van der Waals surface area contributed by atoms with Crippen molar-refractivity contribution < 1.29 is 4.74 Å². The molecular weight excluding hydrogens is 278 g/mol. The summed E-state index contributed by atoms with van der Waals surface area (Å²) in [4.78, 5) is 1.21. The molecule has 2 aromatic rings. The topological polar surface area (TPSA) is 35.2 Å². The Morgan fingerprint density at radius 3 is 2.58 bits per heavy atom. The summed E-state index contributed by atoms with van der Waals surface area (Å²) in [6, 6.07) is 11.8. The smallest absolute Gasteiger partial charge is 0.0980 e. The van der Waals surface area contributed by atoms with Gasteiger partial charge in [-0.2, -0.15) is 0 Å². The van der Waals surface area contributed by atoms with E-state index in [2.05, 4.69) is 18.4 Å². The number of hydrogen-bond acceptors (Lipinski definition) is 3. The van der Waals surface area contributed by atoms with Gasteiger partial charge in [0.1, 0.15) is 0 Å². The van der Waals surface area contributed by atoms with E-state index in [1.807, 2.05) is 30.3 Å². The third kappa shape index (κ3) is 4.05. The van der Waals surface area contributed by atoms with Gasteiger partial charge in [0, 0.05) is 15.9 Å². The lowest BCUT2D eigenvalue weighted by molar-refractivity contribution is 0.0227. The standard InChI is InChI=1S/C15H18ClNOS/c1-2-14(17)15(11-5-7-12(16)8-6-11)18-10-13-4-3-9-19-13/h3-9,14-15H,2,10,17H2,1H3. The first-order valence-electron chi connectivity index (χ1n) is 6.35. The van der Waals surface area contributed by atoms with E-state index in [-0.39, 0.29) is 12.1 Å². The maximum absolute atomic E-state index is 6.17. The lowest BCUT2D eigenvalue weighted by Gasteiger charge is -2.23. The molecule has 2 N–H and O–H groups in total. The fourth-order valence-electron chi connectivity index (χ4n) is 1.90. The molecule has 0 aliphatic carbocycles. The minimum absolute atomic E-state index is 0.0128. The van der Waals surface area contributed by atoms with Crippen LogP contribution in [-0.2, 0) is 11.3 Å². The van der Waals surface area contributed by atoms with E-state index in [1.54, 1.807) is 11.3 Å². The second kappa shape index (κ2) is 7.06. The quantitative estimate of drug-likeness (QED) is 0.857. The van der Waals surface area contributed by atoms with Crippen LogP contribution in [0.5, 0.6) is 0 Å². The van der Waals surface area contributed by atoms with Crippen molar-refractivity contribution >= 4 is 22.9 Å². The van der Waals surface area contributed by atoms with Crippen LogP contribution < -0.4 is 5.73 Å². The van der Waals surface area contributed by atoms with Crippen LogP contribution in [0.1, 0.15) is 29.9 Å². The van der Waals surface area contributed by atoms with Gasteiger partial charge in [0.2, 0.25) is 0 Å². The molecule has 4 heteroatoms. The summed E-state index contributed by atoms with van der Waals surface area (Å²) < 4.78 is 6.01. The molecule has 0 aliphatic rings. The van der Waals surface area contributed by atoms with Crippen molar-refractivity contribution in [3.05, 3.63) is 57.2 Å². The Morgan fingerprint density at radius 2 is 2.00 bits per heavy atom. The number of hydrogen-bond donors (Lipinski definition) is 1. The number of nitrogens with two attached hydrogens (primary N) is 1. The van der Waals surface area contributed by atoms with E-state index in [0.717, 1.165) is 17.0 Å². The third-order valence-corrected chi connectivity index (χ3v) is 4.15. The number of halogens is 1. The highest BCUT2D eigenvalue weighted by Gasteiger charge is 2.19. The molecular formula is C15H18ClNOS. The lowest BCUT2D eigenvalue weighted by atomic mass is 10.0. The summed E-state index contributed by atoms with van der Waals surface area (Å²) in [7, 11) is 0. The van der Waals surface area contributed by atoms with Gasteiger partial charge in [-0.05, 0) is 35.6 Å². The molecule has 2 rings (SSSR count). The highest BCUT2D eigenvalue weighted by Crippen LogP contribution is 2.25. The minimum Gasteiger partial charge on any atom is -0.366 e. The van der Waals surface area contributed by atoms with Crippen molar-refractivity contribution in [3.63, 3.8) is 0 Å². The zero-order valence-electron chi connectivity index (χ0n) is 10.9. The van der Waals surface area contributed by atoms with Crippen LogP contribution in [0.15, 0.2) is 41.8 Å². The molecule has 0 saturated heterocycles. The Kier molecular flexibility index (Phi) is 5.40. The molecule has 0 bridgehead atoms. The van der Waals surface area contributed by atoms with Crippen LogP contribution >= 0.6 is 22.9 Å². The Balaban J connectivity index is 2.09. The Bertz CT molecular complexity index is 483. The SMILES string of the molecule is CCC(N)C(OCc1cccs1)c1ccc(Cl)cc1. The van der Waals surface area contributed by atoms with Crippen molar-refractivity contribution in [1.82, 2.24) is 0 Å². The van der Waals surface area contributed by atoms with Gasteiger partial charge in [-0.15, -0.1) is 11.3 Å². The van der Waals surface area contributed by atoms with E-state index in [1.165, 1.54) is 4.88 Å². The van der Waals surface area contributed by atoms with Crippen molar-refractivity contribution in [3.8, 4) is 0 Å². The maximum Gasteiger partial charge on any atom is 0.0980 e. The minimum atomic E-state index is -0.0932. The van der Waals surface area contributed by atoms with Crippen LogP contribution in [0.3, 0.4) is 0 Å². The van der Waals surface area contributed by atoms with E-state index in [4.69, 9.17) is 22.1 Å². The van der Waals surface area contributed by atoms with Gasteiger partial charge >= 0.3 is 0 Å². The summed E-state index contributed by atoms with van der Waals surface area (Å²) in [6.07, 6.45) is 0.780. The Morgan fingerprint density at radius 1 is 1.26 bits per heavy atom. The lowest BCUT2D eigenvalue weighted by Crippen LogP contribution is -2.29. The first-order chi connectivity index (χ1) is 9.20. The van der Waals surface area contributed by atoms with Gasteiger partial charge < -0.3 is 10.5 Å². The van der Waals surface area contributed by atoms with Crippen molar-refractivity contribution in [2.45, 2.75) is 32.1 Å². The number of ether oxygens (including phenoxy) is 1. The Labute approximate surface area is 123 Å². The van der Waals surface area contributed by atoms with Gasteiger partial charge in [0.25, 0.3) is 0 Å². The molecule has 2 atom stereocenters. The fourth-order valence-corrected chi connectivity index (χ4v) is 2.65. The molecule has 1 aromatic heterocycles. The molecule has 2 unspecified atom stereocenters. The van der Waals surface area contributed by atoms with E-state index in [9.17, 15) is 0 Å². The molecule has 102 valence electrons. The third-order valence-electron chi connectivity index (χ3n) is 3.04. The van der Waals surface area contributed by atoms with Crippen molar-refractivity contribution in [1.29, 1.82) is 0 Å². The van der Waals surface area contributed by atoms with Crippen LogP contribution in [0.2, 0.25) is 5.02 Å². The average molecular weight is 296 g/mol. The zero-order valence-corrected chi connectivity index (χ0v) is 12.5. The fraction of sp³-hybridized carbons (Fsp3) is 0.333. The monoisotopic (exact) mass is 295 g/mol. The molecule has 0 amide bonds. The van der Waals surface area contributed by atoms with E-state index >= 15 is 0 Å². The summed E-state index contributed by atoms with van der Waals surface area (Å²) in [5, 5.41) is 2.78. The molecule has 19 heavy (non-hydrogen) atoms. The largest absolute Gasteiger partial charge is 0.366 e. The first kappa shape index (κ1) is 14.5. The summed E-state index contributed by atoms with van der Waals surface area (Å²) >= 11 is 7.61. The van der Waals surface area contributed by atoms with Crippen molar-refractivity contribution in [2.24, 2.45) is 5.73 Å². The second-order valence-electron chi connectivity index (χ2n) is 4.43. The Hall–Kier alpha value is -0.870. The van der Waals surface area contributed by atoms with Crippen molar-refractivity contribution in [2.75, 3.05) is 0 Å². The van der Waals surface area contributed by atoms with E-state index in [0.29, 0.717) is 6.61 Å². The van der Waals surface area contributed by atoms with Crippen LogP contribution in [0.4, 0.5) is 0 Å². The molecule has 1 aromatic carbocycles. The molecule has 0 fully saturated rings. The number of thiophene rings is 1. The summed E-state index contributed by atoms with van der Waals surface area (Å²) in [5.74, 6) is 0. The summed E-state index contributed by atoms with van der Waals surface area (Å²) in [6.45, 7) is 2.67. The highest BCUT2D eigenvalue weighted by molar-refractivity contribution is 7.09. The maximum atomic E-state index is 6.17. The van der Waals surface area contributed by atoms with Gasteiger partial charge in [0.05, 0.1) is 12.7 Å². The molecule has 0 radical (unpaired) electrons. The normalized spacial score (nSPS) is 14.3. The summed E-state index contributed by atoms with van der Waals surface area (Å²) in [5.41, 5.74) is 7.25. The van der Waals surface area contributed by atoms with Crippen LogP contribution in [-0.4, -0.2) is 6.04 Å². The molecule has 0 saturated carbocycles. The average Bonchev–Trinajstić information content (AvgIpc) is 2.93. The van der Waals surface area contributed by atoms with Crippen LogP contribution in [0.25, 0.3) is 0 Å². The molecule has 2 nitrogen and oxygen atoms in total. The van der Waals surface area contributed by atoms with Gasteiger partial charge in [-0.25, -0.2) is 0 Å². The van der Waals surface area contributed by atoms with Crippen LogP contribution in [0, 0.1) is 0 Å². The van der Waals surface area contributed by atoms with E-state index < -0.39 is 0 Å². The molecule has 1 heterocycles. The van der Waals surface area contributed by atoms with Gasteiger partial charge in [0.15, 0.2) is 0 Å². The molecule has 0 spiro atoms. The highest BCUT2D eigenvalue weighted by atomic mass is 35.5. The predicted octanol–water partition coefficient (Wildman–Crippen LogP) is 4.40. The predicted molar refractivity (Wildman–Crippen MR) is 81.6 cm³/mol. The number of rotatable bonds is 6. The van der Waals surface area contributed by atoms with Gasteiger partial charge in [-0.1, -0.05) is 36.7 Å². The second-order valence-corrected chi connectivity index (χ2v) is 5.90. The zero-order chi connectivity index (χ0) is 13.7.